The number of nitrogens with zero attached hydrogens (tertiary/aromatic N) is 2. The van der Waals surface area contributed by atoms with Crippen LogP contribution >= 0.6 is 0 Å². The Hall–Kier alpha value is -4.78. The standard InChI is InChI=1S/C31H32N6O6/c1-17(38)33-19-3-5-26-22(11-19)24(13-32-26)28-29(31(42)35-30(28)41)25-16-37(15-21(40)14-36-7-9-43-10-8-36)27-6-4-20(12-23(25)27)34-18(2)39/h3-6,11-13,16,21,32,40H,7-10,14-15H2,1-2H3,(H,33,38)(H,34,39)(H,35,41,42). The van der Waals surface area contributed by atoms with Gasteiger partial charge in [-0.05, 0) is 36.4 Å². The molecule has 12 nitrogen and oxygen atoms in total. The van der Waals surface area contributed by atoms with Gasteiger partial charge in [-0.15, -0.1) is 0 Å². The van der Waals surface area contributed by atoms with E-state index in [0.717, 1.165) is 24.1 Å². The summed E-state index contributed by atoms with van der Waals surface area (Å²) < 4.78 is 7.29. The number of imide groups is 1. The number of aromatic amines is 1. The largest absolute Gasteiger partial charge is 0.390 e. The maximum atomic E-state index is 13.4. The maximum absolute atomic E-state index is 13.4. The number of aliphatic hydroxyl groups excluding tert-OH is 1. The number of nitrogens with one attached hydrogen (secondary N) is 4. The molecule has 0 radical (unpaired) electrons. The molecule has 0 saturated carbocycles. The molecule has 5 N–H and O–H groups in total. The van der Waals surface area contributed by atoms with Crippen molar-refractivity contribution in [3.8, 4) is 0 Å². The van der Waals surface area contributed by atoms with E-state index in [1.54, 1.807) is 42.7 Å². The van der Waals surface area contributed by atoms with Crippen molar-refractivity contribution in [3.63, 3.8) is 0 Å². The van der Waals surface area contributed by atoms with Crippen molar-refractivity contribution in [1.29, 1.82) is 0 Å². The van der Waals surface area contributed by atoms with Gasteiger partial charge in [0.2, 0.25) is 11.8 Å². The Morgan fingerprint density at radius 2 is 1.53 bits per heavy atom. The molecule has 222 valence electrons. The minimum Gasteiger partial charge on any atom is -0.390 e. The van der Waals surface area contributed by atoms with E-state index >= 15 is 0 Å². The molecule has 2 aliphatic rings. The monoisotopic (exact) mass is 584 g/mol. The fourth-order valence-corrected chi connectivity index (χ4v) is 5.87. The fraction of sp³-hybridized carbons (Fsp3) is 0.290. The molecule has 0 spiro atoms. The molecule has 1 fully saturated rings. The zero-order chi connectivity index (χ0) is 30.2. The number of fused-ring (bicyclic) bond motifs is 2. The molecule has 2 aliphatic heterocycles. The zero-order valence-electron chi connectivity index (χ0n) is 23.8. The number of rotatable bonds is 8. The number of morpholine rings is 1. The molecule has 6 rings (SSSR count). The Morgan fingerprint density at radius 3 is 2.21 bits per heavy atom. The SMILES string of the molecule is CC(=O)Nc1ccc2[nH]cc(C3=C(c4cn(CC(O)CN5CCOCC5)c5ccc(NC(C)=O)cc45)C(=O)NC3=O)c2c1. The highest BCUT2D eigenvalue weighted by Crippen LogP contribution is 2.39. The van der Waals surface area contributed by atoms with Crippen molar-refractivity contribution >= 4 is 68.0 Å². The number of aliphatic hydroxyl groups is 1. The lowest BCUT2D eigenvalue weighted by molar-refractivity contribution is -0.123. The van der Waals surface area contributed by atoms with E-state index in [1.807, 2.05) is 10.6 Å². The number of amides is 4. The van der Waals surface area contributed by atoms with E-state index in [0.29, 0.717) is 53.0 Å². The molecule has 2 aromatic heterocycles. The quantitative estimate of drug-likeness (QED) is 0.199. The van der Waals surface area contributed by atoms with Gasteiger partial charge in [0.1, 0.15) is 0 Å². The van der Waals surface area contributed by atoms with Crippen LogP contribution in [0.15, 0.2) is 48.8 Å². The normalized spacial score (nSPS) is 16.6. The van der Waals surface area contributed by atoms with E-state index in [1.165, 1.54) is 13.8 Å². The van der Waals surface area contributed by atoms with E-state index < -0.39 is 17.9 Å². The third kappa shape index (κ3) is 5.67. The molecule has 4 heterocycles. The van der Waals surface area contributed by atoms with Crippen LogP contribution in [0.3, 0.4) is 0 Å². The molecule has 1 saturated heterocycles. The lowest BCUT2D eigenvalue weighted by Crippen LogP contribution is -2.41. The average Bonchev–Trinajstić information content (AvgIpc) is 3.60. The minimum absolute atomic E-state index is 0.183. The van der Waals surface area contributed by atoms with Crippen LogP contribution in [0, 0.1) is 0 Å². The van der Waals surface area contributed by atoms with Crippen LogP contribution in [-0.4, -0.2) is 82.1 Å². The first kappa shape index (κ1) is 28.3. The summed E-state index contributed by atoms with van der Waals surface area (Å²) in [6, 6.07) is 10.6. The van der Waals surface area contributed by atoms with Gasteiger partial charge >= 0.3 is 0 Å². The van der Waals surface area contributed by atoms with Crippen LogP contribution in [-0.2, 0) is 30.5 Å². The first-order valence-corrected chi connectivity index (χ1v) is 14.1. The number of carbonyl (C=O) groups is 4. The highest BCUT2D eigenvalue weighted by molar-refractivity contribution is 6.50. The van der Waals surface area contributed by atoms with Gasteiger partial charge in [0.05, 0.1) is 30.5 Å². The van der Waals surface area contributed by atoms with Crippen molar-refractivity contribution in [2.45, 2.75) is 26.5 Å². The first-order valence-electron chi connectivity index (χ1n) is 14.1. The van der Waals surface area contributed by atoms with E-state index in [9.17, 15) is 24.3 Å². The van der Waals surface area contributed by atoms with Crippen molar-refractivity contribution in [1.82, 2.24) is 19.8 Å². The van der Waals surface area contributed by atoms with Crippen LogP contribution < -0.4 is 16.0 Å². The van der Waals surface area contributed by atoms with Gasteiger partial charge < -0.3 is 30.0 Å². The average molecular weight is 585 g/mol. The molecule has 4 aromatic rings. The zero-order valence-corrected chi connectivity index (χ0v) is 23.8. The maximum Gasteiger partial charge on any atom is 0.259 e. The van der Waals surface area contributed by atoms with Crippen LogP contribution in [0.4, 0.5) is 11.4 Å². The van der Waals surface area contributed by atoms with Gasteiger partial charge in [-0.2, -0.15) is 0 Å². The van der Waals surface area contributed by atoms with E-state index in [2.05, 4.69) is 25.8 Å². The van der Waals surface area contributed by atoms with Gasteiger partial charge in [-0.1, -0.05) is 0 Å². The van der Waals surface area contributed by atoms with Gasteiger partial charge in [0.15, 0.2) is 0 Å². The summed E-state index contributed by atoms with van der Waals surface area (Å²) in [4.78, 5) is 55.6. The molecule has 43 heavy (non-hydrogen) atoms. The fourth-order valence-electron chi connectivity index (χ4n) is 5.87. The van der Waals surface area contributed by atoms with Crippen molar-refractivity contribution in [2.75, 3.05) is 43.5 Å². The number of aromatic nitrogens is 2. The molecule has 0 aliphatic carbocycles. The highest BCUT2D eigenvalue weighted by Gasteiger charge is 2.35. The highest BCUT2D eigenvalue weighted by atomic mass is 16.5. The first-order chi connectivity index (χ1) is 20.7. The molecule has 12 heteroatoms. The third-order valence-electron chi connectivity index (χ3n) is 7.65. The Bertz CT molecular complexity index is 1810. The topological polar surface area (TPSA) is 158 Å². The summed E-state index contributed by atoms with van der Waals surface area (Å²) in [5.41, 5.74) is 3.92. The predicted octanol–water partition coefficient (Wildman–Crippen LogP) is 2.30. The summed E-state index contributed by atoms with van der Waals surface area (Å²) in [5, 5.41) is 20.3. The number of hydrogen-bond acceptors (Lipinski definition) is 7. The predicted molar refractivity (Wildman–Crippen MR) is 162 cm³/mol. The molecule has 4 amide bonds. The Morgan fingerprint density at radius 1 is 0.907 bits per heavy atom. The van der Waals surface area contributed by atoms with Crippen molar-refractivity contribution < 1.29 is 29.0 Å². The van der Waals surface area contributed by atoms with Gasteiger partial charge in [-0.3, -0.25) is 29.4 Å². The molecular formula is C31H32N6O6. The Balaban J connectivity index is 1.48. The number of benzene rings is 2. The lowest BCUT2D eigenvalue weighted by Gasteiger charge is -2.28. The summed E-state index contributed by atoms with van der Waals surface area (Å²) in [7, 11) is 0. The smallest absolute Gasteiger partial charge is 0.259 e. The molecule has 0 bridgehead atoms. The summed E-state index contributed by atoms with van der Waals surface area (Å²) in [6.45, 7) is 6.25. The summed E-state index contributed by atoms with van der Waals surface area (Å²) in [6.07, 6.45) is 2.74. The van der Waals surface area contributed by atoms with Crippen LogP contribution in [0.5, 0.6) is 0 Å². The van der Waals surface area contributed by atoms with Gasteiger partial charge in [0.25, 0.3) is 11.8 Å². The Labute approximate surface area is 246 Å². The second kappa shape index (κ2) is 11.5. The molecular weight excluding hydrogens is 552 g/mol. The third-order valence-corrected chi connectivity index (χ3v) is 7.65. The number of ether oxygens (including phenoxy) is 1. The number of β-amino-alcohol motifs (C(OH)–C–C–N with tert-alkyl or cyclic N) is 1. The van der Waals surface area contributed by atoms with Gasteiger partial charge in [-0.25, -0.2) is 0 Å². The van der Waals surface area contributed by atoms with E-state index in [-0.39, 0.29) is 29.5 Å². The number of hydrogen-bond donors (Lipinski definition) is 5. The second-order valence-electron chi connectivity index (χ2n) is 10.9. The van der Waals surface area contributed by atoms with Crippen LogP contribution in [0.25, 0.3) is 33.0 Å². The second-order valence-corrected chi connectivity index (χ2v) is 10.9. The summed E-state index contributed by atoms with van der Waals surface area (Å²) in [5.74, 6) is -1.57. The molecule has 1 unspecified atom stereocenters. The number of H-pyrrole nitrogens is 1. The number of carbonyl (C=O) groups excluding carboxylic acids is 4. The summed E-state index contributed by atoms with van der Waals surface area (Å²) >= 11 is 0. The van der Waals surface area contributed by atoms with E-state index in [4.69, 9.17) is 4.74 Å². The minimum atomic E-state index is -0.704. The van der Waals surface area contributed by atoms with Crippen molar-refractivity contribution in [2.24, 2.45) is 0 Å². The van der Waals surface area contributed by atoms with Gasteiger partial charge in [0, 0.05) is 96.7 Å². The van der Waals surface area contributed by atoms with Crippen molar-refractivity contribution in [3.05, 3.63) is 59.9 Å². The van der Waals surface area contributed by atoms with Crippen LogP contribution in [0.2, 0.25) is 0 Å². The van der Waals surface area contributed by atoms with Crippen LogP contribution in [0.1, 0.15) is 25.0 Å². The molecule has 1 atom stereocenters. The Kier molecular flexibility index (Phi) is 7.57. The number of anilines is 2. The molecule has 2 aromatic carbocycles. The lowest BCUT2D eigenvalue weighted by atomic mass is 9.95.